The molecule has 0 aromatic carbocycles. The summed E-state index contributed by atoms with van der Waals surface area (Å²) in [6, 6.07) is 0.722. The van der Waals surface area contributed by atoms with Crippen LogP contribution in [0.25, 0.3) is 0 Å². The molecule has 1 aliphatic rings. The highest BCUT2D eigenvalue weighted by molar-refractivity contribution is 7.98. The minimum Gasteiger partial charge on any atom is -0.315 e. The minimum atomic E-state index is 0.722. The Morgan fingerprint density at radius 1 is 1.47 bits per heavy atom. The van der Waals surface area contributed by atoms with Crippen molar-refractivity contribution >= 4 is 11.8 Å². The summed E-state index contributed by atoms with van der Waals surface area (Å²) in [4.78, 5) is 2.47. The van der Waals surface area contributed by atoms with Gasteiger partial charge in [-0.3, -0.25) is 0 Å². The first-order valence-corrected chi connectivity index (χ1v) is 7.53. The molecule has 0 aliphatic heterocycles. The normalized spacial score (nSPS) is 18.4. The number of nitrogens with one attached hydrogen (secondary N) is 1. The van der Waals surface area contributed by atoms with E-state index in [0.29, 0.717) is 0 Å². The average molecular weight is 230 g/mol. The van der Waals surface area contributed by atoms with Gasteiger partial charge in [0.05, 0.1) is 0 Å². The zero-order valence-corrected chi connectivity index (χ0v) is 11.3. The van der Waals surface area contributed by atoms with E-state index in [1.807, 2.05) is 11.8 Å². The van der Waals surface area contributed by atoms with Crippen molar-refractivity contribution in [2.45, 2.75) is 32.2 Å². The van der Waals surface area contributed by atoms with Gasteiger partial charge < -0.3 is 10.2 Å². The largest absolute Gasteiger partial charge is 0.315 e. The molecule has 1 N–H and O–H groups in total. The van der Waals surface area contributed by atoms with Crippen molar-refractivity contribution in [1.82, 2.24) is 10.2 Å². The van der Waals surface area contributed by atoms with E-state index in [2.05, 4.69) is 30.4 Å². The molecule has 15 heavy (non-hydrogen) atoms. The fraction of sp³-hybridized carbons (Fsp3) is 1.00. The first-order chi connectivity index (χ1) is 7.24. The molecule has 0 aromatic heterocycles. The van der Waals surface area contributed by atoms with Crippen molar-refractivity contribution in [3.8, 4) is 0 Å². The topological polar surface area (TPSA) is 15.3 Å². The van der Waals surface area contributed by atoms with Gasteiger partial charge in [-0.15, -0.1) is 0 Å². The van der Waals surface area contributed by atoms with E-state index < -0.39 is 0 Å². The van der Waals surface area contributed by atoms with Gasteiger partial charge in [-0.1, -0.05) is 0 Å². The van der Waals surface area contributed by atoms with Gasteiger partial charge in [0.15, 0.2) is 0 Å². The van der Waals surface area contributed by atoms with Crippen LogP contribution in [0.5, 0.6) is 0 Å². The Labute approximate surface area is 99.2 Å². The Balaban J connectivity index is 1.92. The van der Waals surface area contributed by atoms with Crippen LogP contribution in [0.1, 0.15) is 26.2 Å². The standard InChI is InChI=1S/C12H26N2S/c1-11(6-9-15-3)14(2)8-7-13-10-12-4-5-12/h11-13H,4-10H2,1-3H3. The molecule has 0 amide bonds. The lowest BCUT2D eigenvalue weighted by molar-refractivity contribution is 0.253. The predicted molar refractivity (Wildman–Crippen MR) is 70.7 cm³/mol. The van der Waals surface area contributed by atoms with Crippen LogP contribution < -0.4 is 5.32 Å². The highest BCUT2D eigenvalue weighted by Crippen LogP contribution is 2.27. The summed E-state index contributed by atoms with van der Waals surface area (Å²) in [5.41, 5.74) is 0. The summed E-state index contributed by atoms with van der Waals surface area (Å²) >= 11 is 1.95. The molecule has 1 unspecified atom stereocenters. The third kappa shape index (κ3) is 6.44. The lowest BCUT2D eigenvalue weighted by Crippen LogP contribution is -2.36. The van der Waals surface area contributed by atoms with Crippen molar-refractivity contribution in [1.29, 1.82) is 0 Å². The summed E-state index contributed by atoms with van der Waals surface area (Å²) in [6.45, 7) is 5.91. The van der Waals surface area contributed by atoms with E-state index >= 15 is 0 Å². The maximum Gasteiger partial charge on any atom is 0.0107 e. The third-order valence-electron chi connectivity index (χ3n) is 3.26. The van der Waals surface area contributed by atoms with Crippen LogP contribution in [-0.4, -0.2) is 49.6 Å². The van der Waals surface area contributed by atoms with Gasteiger partial charge in [0.2, 0.25) is 0 Å². The first kappa shape index (κ1) is 13.3. The van der Waals surface area contributed by atoms with E-state index in [0.717, 1.165) is 18.5 Å². The predicted octanol–water partition coefficient (Wildman–Crippen LogP) is 2.06. The summed E-state index contributed by atoms with van der Waals surface area (Å²) < 4.78 is 0. The smallest absolute Gasteiger partial charge is 0.0107 e. The molecule has 1 saturated carbocycles. The fourth-order valence-electron chi connectivity index (χ4n) is 1.61. The molecule has 1 fully saturated rings. The second kappa shape index (κ2) is 7.53. The Bertz CT molecular complexity index is 160. The zero-order valence-electron chi connectivity index (χ0n) is 10.5. The number of hydrogen-bond acceptors (Lipinski definition) is 3. The highest BCUT2D eigenvalue weighted by atomic mass is 32.2. The summed E-state index contributed by atoms with van der Waals surface area (Å²) in [6.07, 6.45) is 6.39. The molecule has 2 nitrogen and oxygen atoms in total. The van der Waals surface area contributed by atoms with Crippen molar-refractivity contribution in [3.05, 3.63) is 0 Å². The van der Waals surface area contributed by atoms with Crippen LogP contribution >= 0.6 is 11.8 Å². The van der Waals surface area contributed by atoms with Gasteiger partial charge in [0.1, 0.15) is 0 Å². The molecule has 1 atom stereocenters. The number of nitrogens with zero attached hydrogens (tertiary/aromatic N) is 1. The van der Waals surface area contributed by atoms with Gasteiger partial charge >= 0.3 is 0 Å². The molecular weight excluding hydrogens is 204 g/mol. The Hall–Kier alpha value is 0.270. The number of rotatable bonds is 9. The average Bonchev–Trinajstić information content (AvgIpc) is 3.04. The van der Waals surface area contributed by atoms with Crippen molar-refractivity contribution in [2.24, 2.45) is 5.92 Å². The maximum absolute atomic E-state index is 3.54. The maximum atomic E-state index is 3.54. The lowest BCUT2D eigenvalue weighted by atomic mass is 10.2. The quantitative estimate of drug-likeness (QED) is 0.610. The van der Waals surface area contributed by atoms with E-state index in [-0.39, 0.29) is 0 Å². The molecule has 3 heteroatoms. The zero-order chi connectivity index (χ0) is 11.1. The molecule has 0 heterocycles. The van der Waals surface area contributed by atoms with Crippen LogP contribution in [0.15, 0.2) is 0 Å². The molecule has 0 saturated heterocycles. The second-order valence-electron chi connectivity index (χ2n) is 4.76. The van der Waals surface area contributed by atoms with Crippen LogP contribution in [0, 0.1) is 5.92 Å². The van der Waals surface area contributed by atoms with Gasteiger partial charge in [-0.25, -0.2) is 0 Å². The highest BCUT2D eigenvalue weighted by Gasteiger charge is 2.20. The Morgan fingerprint density at radius 3 is 2.80 bits per heavy atom. The fourth-order valence-corrected chi connectivity index (χ4v) is 2.19. The van der Waals surface area contributed by atoms with Crippen LogP contribution in [0.3, 0.4) is 0 Å². The minimum absolute atomic E-state index is 0.722. The summed E-state index contributed by atoms with van der Waals surface area (Å²) in [5, 5.41) is 3.54. The first-order valence-electron chi connectivity index (χ1n) is 6.14. The van der Waals surface area contributed by atoms with E-state index in [1.165, 1.54) is 38.1 Å². The molecule has 0 aromatic rings. The number of likely N-dealkylation sites (N-methyl/N-ethyl adjacent to an activating group) is 1. The van der Waals surface area contributed by atoms with Crippen molar-refractivity contribution in [3.63, 3.8) is 0 Å². The summed E-state index contributed by atoms with van der Waals surface area (Å²) in [5.74, 6) is 2.28. The van der Waals surface area contributed by atoms with E-state index in [1.54, 1.807) is 0 Å². The molecule has 1 rings (SSSR count). The second-order valence-corrected chi connectivity index (χ2v) is 5.74. The number of thioether (sulfide) groups is 1. The Kier molecular flexibility index (Phi) is 6.69. The SMILES string of the molecule is CSCCC(C)N(C)CCNCC1CC1. The molecule has 90 valence electrons. The van der Waals surface area contributed by atoms with E-state index in [9.17, 15) is 0 Å². The molecule has 0 spiro atoms. The van der Waals surface area contributed by atoms with Gasteiger partial charge in [-0.2, -0.15) is 11.8 Å². The van der Waals surface area contributed by atoms with Crippen molar-refractivity contribution in [2.75, 3.05) is 38.7 Å². The third-order valence-corrected chi connectivity index (χ3v) is 3.91. The number of hydrogen-bond donors (Lipinski definition) is 1. The van der Waals surface area contributed by atoms with Crippen LogP contribution in [-0.2, 0) is 0 Å². The molecule has 0 radical (unpaired) electrons. The van der Waals surface area contributed by atoms with E-state index in [4.69, 9.17) is 0 Å². The molecule has 0 bridgehead atoms. The van der Waals surface area contributed by atoms with Crippen molar-refractivity contribution < 1.29 is 0 Å². The molecular formula is C12H26N2S. The molecule has 1 aliphatic carbocycles. The van der Waals surface area contributed by atoms with Gasteiger partial charge in [-0.05, 0) is 57.7 Å². The summed E-state index contributed by atoms with van der Waals surface area (Å²) in [7, 11) is 2.24. The van der Waals surface area contributed by atoms with Crippen LogP contribution in [0.2, 0.25) is 0 Å². The van der Waals surface area contributed by atoms with Gasteiger partial charge in [0, 0.05) is 19.1 Å². The monoisotopic (exact) mass is 230 g/mol. The van der Waals surface area contributed by atoms with Crippen LogP contribution in [0.4, 0.5) is 0 Å². The Morgan fingerprint density at radius 2 is 2.20 bits per heavy atom. The lowest BCUT2D eigenvalue weighted by Gasteiger charge is -2.24. The van der Waals surface area contributed by atoms with Gasteiger partial charge in [0.25, 0.3) is 0 Å².